The van der Waals surface area contributed by atoms with E-state index in [1.807, 2.05) is 30.3 Å². The Labute approximate surface area is 159 Å². The van der Waals surface area contributed by atoms with Crippen LogP contribution in [-0.4, -0.2) is 11.1 Å². The summed E-state index contributed by atoms with van der Waals surface area (Å²) in [6, 6.07) is 17.2. The maximum Gasteiger partial charge on any atom is 0.371 e. The predicted molar refractivity (Wildman–Crippen MR) is 103 cm³/mol. The molecule has 6 heteroatoms. The molecule has 0 aliphatic rings. The fourth-order valence-corrected chi connectivity index (χ4v) is 2.95. The van der Waals surface area contributed by atoms with Crippen molar-refractivity contribution in [1.82, 2.24) is 0 Å². The molecular weight excluding hydrogens is 360 g/mol. The van der Waals surface area contributed by atoms with Gasteiger partial charge in [0.2, 0.25) is 5.76 Å². The van der Waals surface area contributed by atoms with Crippen LogP contribution < -0.4 is 10.2 Å². The van der Waals surface area contributed by atoms with Crippen molar-refractivity contribution in [3.63, 3.8) is 0 Å². The van der Waals surface area contributed by atoms with E-state index in [4.69, 9.17) is 18.7 Å². The molecule has 0 fully saturated rings. The molecule has 2 aromatic carbocycles. The molecule has 0 saturated carbocycles. The molecule has 0 aliphatic heterocycles. The van der Waals surface area contributed by atoms with Crippen LogP contribution in [0, 0.1) is 0 Å². The van der Waals surface area contributed by atoms with E-state index in [1.54, 1.807) is 31.2 Å². The molecule has 140 valence electrons. The number of fused-ring (bicyclic) bond motifs is 1. The number of ether oxygens (including phenoxy) is 1. The van der Waals surface area contributed by atoms with Crippen LogP contribution in [0.1, 0.15) is 29.3 Å². The molecule has 28 heavy (non-hydrogen) atoms. The first kappa shape index (κ1) is 17.6. The average molecular weight is 376 g/mol. The van der Waals surface area contributed by atoms with Crippen molar-refractivity contribution in [2.24, 2.45) is 0 Å². The lowest BCUT2D eigenvalue weighted by Crippen LogP contribution is -2.06. The van der Waals surface area contributed by atoms with E-state index in [-0.39, 0.29) is 11.2 Å². The second-order valence-electron chi connectivity index (χ2n) is 6.27. The fourth-order valence-electron chi connectivity index (χ4n) is 2.95. The Morgan fingerprint density at radius 2 is 1.86 bits per heavy atom. The minimum Gasteiger partial charge on any atom is -0.483 e. The van der Waals surface area contributed by atoms with E-state index in [0.717, 1.165) is 5.56 Å². The molecule has 2 aromatic heterocycles. The number of carboxylic acid groups (broad SMARTS) is 1. The summed E-state index contributed by atoms with van der Waals surface area (Å²) in [5.74, 6) is -0.425. The van der Waals surface area contributed by atoms with Crippen LogP contribution in [0.15, 0.2) is 80.6 Å². The first-order valence-electron chi connectivity index (χ1n) is 8.63. The van der Waals surface area contributed by atoms with Gasteiger partial charge in [-0.3, -0.25) is 4.79 Å². The monoisotopic (exact) mass is 376 g/mol. The average Bonchev–Trinajstić information content (AvgIpc) is 3.20. The Kier molecular flexibility index (Phi) is 4.45. The van der Waals surface area contributed by atoms with Gasteiger partial charge < -0.3 is 18.7 Å². The van der Waals surface area contributed by atoms with Crippen LogP contribution >= 0.6 is 0 Å². The minimum absolute atomic E-state index is 0.121. The van der Waals surface area contributed by atoms with Gasteiger partial charge in [-0.05, 0) is 36.8 Å². The van der Waals surface area contributed by atoms with E-state index < -0.39 is 12.1 Å². The molecule has 0 saturated heterocycles. The lowest BCUT2D eigenvalue weighted by molar-refractivity contribution is 0.0655. The summed E-state index contributed by atoms with van der Waals surface area (Å²) < 4.78 is 16.7. The number of aromatic carboxylic acids is 1. The van der Waals surface area contributed by atoms with Crippen LogP contribution in [0.4, 0.5) is 0 Å². The molecule has 6 nitrogen and oxygen atoms in total. The highest BCUT2D eigenvalue weighted by molar-refractivity contribution is 5.84. The maximum atomic E-state index is 12.8. The third-order valence-corrected chi connectivity index (χ3v) is 4.38. The topological polar surface area (TPSA) is 89.9 Å². The first-order valence-corrected chi connectivity index (χ1v) is 8.63. The summed E-state index contributed by atoms with van der Waals surface area (Å²) in [5.41, 5.74) is 1.57. The smallest absolute Gasteiger partial charge is 0.371 e. The summed E-state index contributed by atoms with van der Waals surface area (Å²) in [4.78, 5) is 23.7. The summed E-state index contributed by atoms with van der Waals surface area (Å²) >= 11 is 0. The largest absolute Gasteiger partial charge is 0.483 e. The molecule has 0 aliphatic carbocycles. The molecule has 1 unspecified atom stereocenters. The van der Waals surface area contributed by atoms with Crippen molar-refractivity contribution in [3.05, 3.63) is 88.7 Å². The van der Waals surface area contributed by atoms with Gasteiger partial charge >= 0.3 is 5.97 Å². The number of hydrogen-bond acceptors (Lipinski definition) is 5. The summed E-state index contributed by atoms with van der Waals surface area (Å²) in [6.45, 7) is 1.74. The van der Waals surface area contributed by atoms with Crippen LogP contribution in [0.2, 0.25) is 0 Å². The number of hydrogen-bond donors (Lipinski definition) is 1. The van der Waals surface area contributed by atoms with Gasteiger partial charge in [-0.25, -0.2) is 4.79 Å². The molecular formula is C22H16O6. The van der Waals surface area contributed by atoms with Crippen LogP contribution in [0.3, 0.4) is 0 Å². The quantitative estimate of drug-likeness (QED) is 0.533. The highest BCUT2D eigenvalue weighted by atomic mass is 16.5. The third kappa shape index (κ3) is 3.27. The van der Waals surface area contributed by atoms with E-state index in [9.17, 15) is 9.59 Å². The maximum absolute atomic E-state index is 12.8. The van der Waals surface area contributed by atoms with Crippen LogP contribution in [0.5, 0.6) is 5.75 Å². The van der Waals surface area contributed by atoms with Gasteiger partial charge in [0, 0.05) is 6.07 Å². The van der Waals surface area contributed by atoms with Gasteiger partial charge in [0.1, 0.15) is 23.4 Å². The van der Waals surface area contributed by atoms with Gasteiger partial charge in [0.25, 0.3) is 0 Å². The number of furan rings is 1. The highest BCUT2D eigenvalue weighted by Crippen LogP contribution is 2.27. The van der Waals surface area contributed by atoms with Gasteiger partial charge in [-0.15, -0.1) is 0 Å². The van der Waals surface area contributed by atoms with Gasteiger partial charge in [-0.2, -0.15) is 0 Å². The molecule has 0 amide bonds. The van der Waals surface area contributed by atoms with E-state index in [0.29, 0.717) is 28.0 Å². The van der Waals surface area contributed by atoms with Gasteiger partial charge in [-0.1, -0.05) is 30.3 Å². The van der Waals surface area contributed by atoms with Gasteiger partial charge in [0.05, 0.1) is 10.9 Å². The lowest BCUT2D eigenvalue weighted by Gasteiger charge is -2.13. The van der Waals surface area contributed by atoms with Crippen molar-refractivity contribution >= 4 is 16.9 Å². The van der Waals surface area contributed by atoms with Crippen molar-refractivity contribution in [3.8, 4) is 16.9 Å². The fraction of sp³-hybridized carbons (Fsp3) is 0.0909. The summed E-state index contributed by atoms with van der Waals surface area (Å²) in [7, 11) is 0. The predicted octanol–water partition coefficient (Wildman–Crippen LogP) is 4.89. The second-order valence-corrected chi connectivity index (χ2v) is 6.27. The second kappa shape index (κ2) is 7.08. The Morgan fingerprint density at radius 3 is 2.57 bits per heavy atom. The Morgan fingerprint density at radius 1 is 1.07 bits per heavy atom. The van der Waals surface area contributed by atoms with Crippen molar-refractivity contribution in [2.75, 3.05) is 0 Å². The third-order valence-electron chi connectivity index (χ3n) is 4.38. The summed E-state index contributed by atoms with van der Waals surface area (Å²) in [5, 5.41) is 9.39. The van der Waals surface area contributed by atoms with Crippen LogP contribution in [-0.2, 0) is 0 Å². The van der Waals surface area contributed by atoms with Crippen molar-refractivity contribution in [1.29, 1.82) is 0 Å². The zero-order valence-electron chi connectivity index (χ0n) is 14.9. The molecule has 0 bridgehead atoms. The highest BCUT2D eigenvalue weighted by Gasteiger charge is 2.16. The zero-order valence-corrected chi connectivity index (χ0v) is 14.9. The Bertz CT molecular complexity index is 1200. The normalized spacial score (nSPS) is 12.0. The van der Waals surface area contributed by atoms with Crippen molar-refractivity contribution in [2.45, 2.75) is 13.0 Å². The zero-order chi connectivity index (χ0) is 19.7. The number of carboxylic acids is 1. The first-order chi connectivity index (χ1) is 13.5. The number of benzene rings is 2. The molecule has 2 heterocycles. The molecule has 4 aromatic rings. The van der Waals surface area contributed by atoms with Crippen molar-refractivity contribution < 1.29 is 23.5 Å². The molecule has 1 N–H and O–H groups in total. The molecule has 4 rings (SSSR count). The summed E-state index contributed by atoms with van der Waals surface area (Å²) in [6.07, 6.45) is 0.930. The van der Waals surface area contributed by atoms with E-state index in [1.165, 1.54) is 12.3 Å². The van der Waals surface area contributed by atoms with E-state index in [2.05, 4.69) is 0 Å². The Balaban J connectivity index is 1.63. The minimum atomic E-state index is -1.14. The Hall–Kier alpha value is -3.80. The molecule has 0 radical (unpaired) electrons. The molecule has 1 atom stereocenters. The van der Waals surface area contributed by atoms with E-state index >= 15 is 0 Å². The van der Waals surface area contributed by atoms with Crippen LogP contribution in [0.25, 0.3) is 22.1 Å². The lowest BCUT2D eigenvalue weighted by atomic mass is 10.1. The SMILES string of the molecule is CC(Oc1ccc2c(=O)c(-c3ccccc3)coc2c1)c1ccc(C(=O)O)o1. The molecule has 0 spiro atoms. The number of carbonyl (C=O) groups is 1. The van der Waals surface area contributed by atoms with Gasteiger partial charge in [0.15, 0.2) is 11.5 Å². The number of rotatable bonds is 5. The standard InChI is InChI=1S/C22H16O6/c1-13(18-9-10-19(28-18)22(24)25)27-15-7-8-16-20(11-15)26-12-17(21(16)23)14-5-3-2-4-6-14/h2-13H,1H3,(H,24,25).